The number of carboxylic acid groups (broad SMARTS) is 1. The maximum atomic E-state index is 11.0. The van der Waals surface area contributed by atoms with Gasteiger partial charge in [-0.1, -0.05) is 11.6 Å². The summed E-state index contributed by atoms with van der Waals surface area (Å²) in [6, 6.07) is 3.48. The second-order valence-electron chi connectivity index (χ2n) is 3.02. The fourth-order valence-electron chi connectivity index (χ4n) is 1.47. The van der Waals surface area contributed by atoms with E-state index >= 15 is 0 Å². The Morgan fingerprint density at radius 2 is 2.21 bits per heavy atom. The van der Waals surface area contributed by atoms with Gasteiger partial charge in [0.2, 0.25) is 0 Å². The van der Waals surface area contributed by atoms with Crippen molar-refractivity contribution in [2.75, 3.05) is 0 Å². The van der Waals surface area contributed by atoms with Gasteiger partial charge in [-0.2, -0.15) is 0 Å². The Bertz CT molecular complexity index is 516. The molecule has 0 amide bonds. The molecule has 2 nitrogen and oxygen atoms in total. The summed E-state index contributed by atoms with van der Waals surface area (Å²) in [7, 11) is 0. The van der Waals surface area contributed by atoms with Crippen LogP contribution in [0.1, 0.15) is 15.9 Å². The highest BCUT2D eigenvalue weighted by molar-refractivity contribution is 7.17. The minimum absolute atomic E-state index is 0.211. The van der Waals surface area contributed by atoms with Crippen LogP contribution in [0.2, 0.25) is 5.02 Å². The van der Waals surface area contributed by atoms with Gasteiger partial charge in [-0.25, -0.2) is 4.79 Å². The lowest BCUT2D eigenvalue weighted by atomic mass is 10.1. The lowest BCUT2D eigenvalue weighted by molar-refractivity contribution is 0.0699. The van der Waals surface area contributed by atoms with E-state index in [4.69, 9.17) is 16.7 Å². The summed E-state index contributed by atoms with van der Waals surface area (Å²) in [4.78, 5) is 11.0. The lowest BCUT2D eigenvalue weighted by Crippen LogP contribution is -1.98. The second kappa shape index (κ2) is 3.26. The molecule has 0 aliphatic rings. The Morgan fingerprint density at radius 3 is 2.86 bits per heavy atom. The molecule has 14 heavy (non-hydrogen) atoms. The molecule has 0 saturated heterocycles. The van der Waals surface area contributed by atoms with E-state index in [2.05, 4.69) is 0 Å². The van der Waals surface area contributed by atoms with Gasteiger partial charge in [0, 0.05) is 10.1 Å². The van der Waals surface area contributed by atoms with Crippen LogP contribution < -0.4 is 0 Å². The molecule has 72 valence electrons. The maximum absolute atomic E-state index is 11.0. The monoisotopic (exact) mass is 226 g/mol. The summed E-state index contributed by atoms with van der Waals surface area (Å²) in [5, 5.41) is 12.0. The number of hydrogen-bond acceptors (Lipinski definition) is 2. The summed E-state index contributed by atoms with van der Waals surface area (Å²) >= 11 is 7.38. The number of thiophene rings is 1. The van der Waals surface area contributed by atoms with E-state index in [1.165, 1.54) is 11.3 Å². The summed E-state index contributed by atoms with van der Waals surface area (Å²) < 4.78 is 0.962. The Balaban J connectivity index is 2.94. The molecule has 0 fully saturated rings. The zero-order valence-corrected chi connectivity index (χ0v) is 8.95. The molecular weight excluding hydrogens is 220 g/mol. The van der Waals surface area contributed by atoms with Crippen molar-refractivity contribution in [3.8, 4) is 0 Å². The highest BCUT2D eigenvalue weighted by Crippen LogP contribution is 2.32. The molecule has 0 spiro atoms. The summed E-state index contributed by atoms with van der Waals surface area (Å²) in [6.45, 7) is 1.89. The van der Waals surface area contributed by atoms with Crippen LogP contribution in [0, 0.1) is 6.92 Å². The number of rotatable bonds is 1. The van der Waals surface area contributed by atoms with Gasteiger partial charge in [0.05, 0.1) is 10.6 Å². The van der Waals surface area contributed by atoms with E-state index in [0.29, 0.717) is 5.02 Å². The molecule has 4 heteroatoms. The molecule has 0 radical (unpaired) electrons. The van der Waals surface area contributed by atoms with Crippen LogP contribution in [0.25, 0.3) is 10.1 Å². The summed E-state index contributed by atoms with van der Waals surface area (Å²) in [5.41, 5.74) is 1.17. The number of aryl methyl sites for hydroxylation is 1. The number of halogens is 1. The second-order valence-corrected chi connectivity index (χ2v) is 4.34. The highest BCUT2D eigenvalue weighted by Gasteiger charge is 2.15. The Kier molecular flexibility index (Phi) is 2.21. The van der Waals surface area contributed by atoms with Gasteiger partial charge in [-0.05, 0) is 30.0 Å². The maximum Gasteiger partial charge on any atom is 0.337 e. The standard InChI is InChI=1S/C10H7ClO2S/c1-5-4-14-7-3-2-6(11)9(8(5)7)10(12)13/h2-4H,1H3,(H,12,13). The molecule has 0 aliphatic heterocycles. The average Bonchev–Trinajstić information content (AvgIpc) is 2.47. The topological polar surface area (TPSA) is 37.3 Å². The van der Waals surface area contributed by atoms with Crippen molar-refractivity contribution in [3.63, 3.8) is 0 Å². The minimum atomic E-state index is -0.970. The van der Waals surface area contributed by atoms with Crippen LogP contribution in [0.4, 0.5) is 0 Å². The molecule has 2 rings (SSSR count). The number of aromatic carboxylic acids is 1. The lowest BCUT2D eigenvalue weighted by Gasteiger charge is -2.01. The quantitative estimate of drug-likeness (QED) is 0.807. The normalized spacial score (nSPS) is 10.7. The molecule has 1 aromatic carbocycles. The predicted octanol–water partition coefficient (Wildman–Crippen LogP) is 3.56. The van der Waals surface area contributed by atoms with Crippen molar-refractivity contribution in [2.45, 2.75) is 6.92 Å². The third-order valence-electron chi connectivity index (χ3n) is 2.09. The molecule has 1 heterocycles. The number of carboxylic acids is 1. The SMILES string of the molecule is Cc1csc2ccc(Cl)c(C(=O)O)c12. The third-order valence-corrected chi connectivity index (χ3v) is 3.47. The number of benzene rings is 1. The number of hydrogen-bond donors (Lipinski definition) is 1. The van der Waals surface area contributed by atoms with E-state index in [0.717, 1.165) is 15.6 Å². The van der Waals surface area contributed by atoms with Crippen molar-refractivity contribution < 1.29 is 9.90 Å². The van der Waals surface area contributed by atoms with Crippen LogP contribution in [0.15, 0.2) is 17.5 Å². The summed E-state index contributed by atoms with van der Waals surface area (Å²) in [5.74, 6) is -0.970. The molecule has 0 aliphatic carbocycles. The summed E-state index contributed by atoms with van der Waals surface area (Å²) in [6.07, 6.45) is 0. The molecule has 0 atom stereocenters. The van der Waals surface area contributed by atoms with Crippen molar-refractivity contribution >= 4 is 39.0 Å². The van der Waals surface area contributed by atoms with Crippen molar-refractivity contribution in [2.24, 2.45) is 0 Å². The molecule has 0 saturated carbocycles. The third kappa shape index (κ3) is 1.29. The van der Waals surface area contributed by atoms with Crippen LogP contribution in [-0.4, -0.2) is 11.1 Å². The molecular formula is C10H7ClO2S. The van der Waals surface area contributed by atoms with Gasteiger partial charge in [-0.15, -0.1) is 11.3 Å². The van der Waals surface area contributed by atoms with E-state index in [9.17, 15) is 4.79 Å². The smallest absolute Gasteiger partial charge is 0.337 e. The van der Waals surface area contributed by atoms with E-state index < -0.39 is 5.97 Å². The zero-order chi connectivity index (χ0) is 10.3. The van der Waals surface area contributed by atoms with Crippen molar-refractivity contribution in [1.29, 1.82) is 0 Å². The van der Waals surface area contributed by atoms with Crippen LogP contribution in [0.3, 0.4) is 0 Å². The first-order valence-electron chi connectivity index (χ1n) is 4.01. The molecule has 2 aromatic rings. The van der Waals surface area contributed by atoms with Crippen LogP contribution in [0.5, 0.6) is 0 Å². The highest BCUT2D eigenvalue weighted by atomic mass is 35.5. The van der Waals surface area contributed by atoms with E-state index in [1.807, 2.05) is 18.4 Å². The zero-order valence-electron chi connectivity index (χ0n) is 7.37. The Morgan fingerprint density at radius 1 is 1.50 bits per heavy atom. The largest absolute Gasteiger partial charge is 0.478 e. The minimum Gasteiger partial charge on any atom is -0.478 e. The van der Waals surface area contributed by atoms with Gasteiger partial charge < -0.3 is 5.11 Å². The van der Waals surface area contributed by atoms with Gasteiger partial charge >= 0.3 is 5.97 Å². The van der Waals surface area contributed by atoms with E-state index in [-0.39, 0.29) is 5.56 Å². The number of carbonyl (C=O) groups is 1. The molecule has 1 aromatic heterocycles. The van der Waals surface area contributed by atoms with Gasteiger partial charge in [-0.3, -0.25) is 0 Å². The van der Waals surface area contributed by atoms with Crippen LogP contribution >= 0.6 is 22.9 Å². The molecule has 0 unspecified atom stereocenters. The van der Waals surface area contributed by atoms with Gasteiger partial charge in [0.25, 0.3) is 0 Å². The van der Waals surface area contributed by atoms with Gasteiger partial charge in [0.1, 0.15) is 0 Å². The Labute approximate surface area is 89.7 Å². The number of fused-ring (bicyclic) bond motifs is 1. The fourth-order valence-corrected chi connectivity index (χ4v) is 2.66. The first-order chi connectivity index (χ1) is 6.61. The molecule has 0 bridgehead atoms. The first-order valence-corrected chi connectivity index (χ1v) is 5.26. The fraction of sp³-hybridized carbons (Fsp3) is 0.100. The first kappa shape index (κ1) is 9.49. The van der Waals surface area contributed by atoms with E-state index in [1.54, 1.807) is 6.07 Å². The van der Waals surface area contributed by atoms with Gasteiger partial charge in [0.15, 0.2) is 0 Å². The van der Waals surface area contributed by atoms with Crippen molar-refractivity contribution in [1.82, 2.24) is 0 Å². The average molecular weight is 227 g/mol. The predicted molar refractivity (Wildman–Crippen MR) is 58.5 cm³/mol. The van der Waals surface area contributed by atoms with Crippen LogP contribution in [-0.2, 0) is 0 Å². The molecule has 1 N–H and O–H groups in total. The van der Waals surface area contributed by atoms with Crippen molar-refractivity contribution in [3.05, 3.63) is 33.7 Å². The Hall–Kier alpha value is -1.06.